The molecule has 1 saturated heterocycles. The van der Waals surface area contributed by atoms with Crippen molar-refractivity contribution in [2.45, 2.75) is 31.6 Å². The highest BCUT2D eigenvalue weighted by Gasteiger charge is 2.44. The molecule has 0 radical (unpaired) electrons. The second kappa shape index (κ2) is 12.2. The van der Waals surface area contributed by atoms with Crippen LogP contribution >= 0.6 is 24.0 Å². The van der Waals surface area contributed by atoms with E-state index in [1.807, 2.05) is 29.3 Å². The fraction of sp³-hybridized carbons (Fsp3) is 0.480. The van der Waals surface area contributed by atoms with Crippen LogP contribution in [0.5, 0.6) is 0 Å². The highest BCUT2D eigenvalue weighted by Crippen LogP contribution is 2.48. The maximum atomic E-state index is 12.7. The van der Waals surface area contributed by atoms with E-state index in [0.717, 1.165) is 51.0 Å². The maximum Gasteiger partial charge on any atom is 0.224 e. The largest absolute Gasteiger partial charge is 0.357 e. The van der Waals surface area contributed by atoms with Crippen LogP contribution in [0, 0.1) is 0 Å². The van der Waals surface area contributed by atoms with Crippen LogP contribution < -0.4 is 15.5 Å². The van der Waals surface area contributed by atoms with E-state index in [-0.39, 0.29) is 35.3 Å². The Morgan fingerprint density at radius 3 is 2.39 bits per heavy atom. The number of piperazine rings is 1. The molecule has 33 heavy (non-hydrogen) atoms. The van der Waals surface area contributed by atoms with E-state index in [9.17, 15) is 4.79 Å². The molecule has 4 rings (SSSR count). The number of benzene rings is 1. The molecule has 2 aliphatic rings. The Hall–Kier alpha value is -2.36. The lowest BCUT2D eigenvalue weighted by molar-refractivity contribution is -0.131. The SMILES string of the molecule is CCNC(=NCC1(c2ccccc2)CC1)NCCC(=O)N1CCN(c2ccccn2)CC1.I. The van der Waals surface area contributed by atoms with E-state index in [0.29, 0.717) is 13.0 Å². The molecule has 178 valence electrons. The topological polar surface area (TPSA) is 72.9 Å². The van der Waals surface area contributed by atoms with Crippen LogP contribution in [0.15, 0.2) is 59.7 Å². The van der Waals surface area contributed by atoms with Gasteiger partial charge in [0, 0.05) is 57.3 Å². The third-order valence-corrected chi connectivity index (χ3v) is 6.36. The summed E-state index contributed by atoms with van der Waals surface area (Å²) in [5.41, 5.74) is 1.56. The van der Waals surface area contributed by atoms with Crippen molar-refractivity contribution >= 4 is 41.7 Å². The number of hydrogen-bond acceptors (Lipinski definition) is 4. The minimum absolute atomic E-state index is 0. The van der Waals surface area contributed by atoms with Crippen molar-refractivity contribution in [3.8, 4) is 0 Å². The molecule has 2 fully saturated rings. The van der Waals surface area contributed by atoms with Crippen molar-refractivity contribution < 1.29 is 4.79 Å². The molecular formula is C25H35IN6O. The van der Waals surface area contributed by atoms with Gasteiger partial charge in [0.15, 0.2) is 5.96 Å². The zero-order valence-electron chi connectivity index (χ0n) is 19.4. The van der Waals surface area contributed by atoms with E-state index >= 15 is 0 Å². The van der Waals surface area contributed by atoms with Crippen LogP contribution in [-0.4, -0.2) is 67.6 Å². The van der Waals surface area contributed by atoms with Gasteiger partial charge in [0.2, 0.25) is 5.91 Å². The zero-order valence-corrected chi connectivity index (χ0v) is 21.7. The Morgan fingerprint density at radius 1 is 1.03 bits per heavy atom. The first-order valence-corrected chi connectivity index (χ1v) is 11.7. The van der Waals surface area contributed by atoms with Gasteiger partial charge >= 0.3 is 0 Å². The summed E-state index contributed by atoms with van der Waals surface area (Å²) in [4.78, 5) is 26.1. The van der Waals surface area contributed by atoms with Gasteiger partial charge < -0.3 is 20.4 Å². The number of guanidine groups is 1. The van der Waals surface area contributed by atoms with Crippen molar-refractivity contribution in [3.63, 3.8) is 0 Å². The standard InChI is InChI=1S/C25H34N6O.HI/c1-2-26-24(29-20-25(12-13-25)21-8-4-3-5-9-21)28-15-11-23(32)31-18-16-30(17-19-31)22-10-6-7-14-27-22;/h3-10,14H,2,11-13,15-20H2,1H3,(H2,26,28,29);1H. The van der Waals surface area contributed by atoms with E-state index < -0.39 is 0 Å². The van der Waals surface area contributed by atoms with Crippen LogP contribution in [0.1, 0.15) is 31.7 Å². The van der Waals surface area contributed by atoms with E-state index in [2.05, 4.69) is 57.8 Å². The third-order valence-electron chi connectivity index (χ3n) is 6.36. The fourth-order valence-electron chi connectivity index (χ4n) is 4.22. The number of halogens is 1. The van der Waals surface area contributed by atoms with Crippen molar-refractivity contribution in [2.75, 3.05) is 50.7 Å². The summed E-state index contributed by atoms with van der Waals surface area (Å²) in [6, 6.07) is 16.6. The number of hydrogen-bond donors (Lipinski definition) is 2. The quantitative estimate of drug-likeness (QED) is 0.294. The van der Waals surface area contributed by atoms with Crippen molar-refractivity contribution in [1.29, 1.82) is 0 Å². The van der Waals surface area contributed by atoms with Crippen LogP contribution in [0.4, 0.5) is 5.82 Å². The number of aromatic nitrogens is 1. The average molecular weight is 563 g/mol. The molecule has 1 aromatic heterocycles. The monoisotopic (exact) mass is 562 g/mol. The van der Waals surface area contributed by atoms with Crippen molar-refractivity contribution in [3.05, 3.63) is 60.3 Å². The summed E-state index contributed by atoms with van der Waals surface area (Å²) < 4.78 is 0. The van der Waals surface area contributed by atoms with E-state index in [1.165, 1.54) is 18.4 Å². The van der Waals surface area contributed by atoms with Gasteiger partial charge in [-0.05, 0) is 37.5 Å². The summed E-state index contributed by atoms with van der Waals surface area (Å²) in [5.74, 6) is 1.97. The molecule has 1 aliphatic heterocycles. The molecule has 1 aliphatic carbocycles. The predicted octanol–water partition coefficient (Wildman–Crippen LogP) is 3.03. The lowest BCUT2D eigenvalue weighted by atomic mass is 9.96. The van der Waals surface area contributed by atoms with Gasteiger partial charge in [0.1, 0.15) is 5.82 Å². The second-order valence-electron chi connectivity index (χ2n) is 8.57. The molecule has 7 nitrogen and oxygen atoms in total. The fourth-order valence-corrected chi connectivity index (χ4v) is 4.22. The molecule has 0 unspecified atom stereocenters. The Bertz CT molecular complexity index is 896. The minimum atomic E-state index is 0. The Balaban J connectivity index is 0.00000306. The number of rotatable bonds is 8. The smallest absolute Gasteiger partial charge is 0.224 e. The number of pyridine rings is 1. The normalized spacial score (nSPS) is 17.2. The molecule has 1 aromatic carbocycles. The molecule has 8 heteroatoms. The molecule has 0 atom stereocenters. The number of amides is 1. The van der Waals surface area contributed by atoms with Gasteiger partial charge in [-0.2, -0.15) is 0 Å². The molecule has 2 N–H and O–H groups in total. The zero-order chi connectivity index (χ0) is 22.2. The first-order chi connectivity index (χ1) is 15.7. The van der Waals surface area contributed by atoms with Crippen molar-refractivity contribution in [2.24, 2.45) is 4.99 Å². The first kappa shape index (κ1) is 25.3. The Labute approximate surface area is 214 Å². The van der Waals surface area contributed by atoms with Gasteiger partial charge in [-0.15, -0.1) is 24.0 Å². The van der Waals surface area contributed by atoms with Gasteiger partial charge in [-0.25, -0.2) is 4.98 Å². The molecule has 2 aromatic rings. The van der Waals surface area contributed by atoms with Gasteiger partial charge in [0.05, 0.1) is 6.54 Å². The number of anilines is 1. The maximum absolute atomic E-state index is 12.7. The van der Waals surface area contributed by atoms with Crippen LogP contribution in [0.25, 0.3) is 0 Å². The highest BCUT2D eigenvalue weighted by atomic mass is 127. The van der Waals surface area contributed by atoms with Crippen molar-refractivity contribution in [1.82, 2.24) is 20.5 Å². The number of nitrogens with zero attached hydrogens (tertiary/aromatic N) is 4. The second-order valence-corrected chi connectivity index (χ2v) is 8.57. The van der Waals surface area contributed by atoms with Crippen LogP contribution in [-0.2, 0) is 10.2 Å². The van der Waals surface area contributed by atoms with Crippen LogP contribution in [0.3, 0.4) is 0 Å². The third kappa shape index (κ3) is 6.82. The number of carbonyl (C=O) groups excluding carboxylic acids is 1. The Kier molecular flexibility index (Phi) is 9.34. The molecule has 1 amide bonds. The predicted molar refractivity (Wildman–Crippen MR) is 144 cm³/mol. The summed E-state index contributed by atoms with van der Waals surface area (Å²) in [6.07, 6.45) is 4.65. The number of nitrogens with one attached hydrogen (secondary N) is 2. The average Bonchev–Trinajstić information content (AvgIpc) is 3.65. The number of aliphatic imine (C=N–C) groups is 1. The van der Waals surface area contributed by atoms with Gasteiger partial charge in [-0.3, -0.25) is 9.79 Å². The summed E-state index contributed by atoms with van der Waals surface area (Å²) in [5, 5.41) is 6.66. The summed E-state index contributed by atoms with van der Waals surface area (Å²) >= 11 is 0. The lowest BCUT2D eigenvalue weighted by Gasteiger charge is -2.35. The first-order valence-electron chi connectivity index (χ1n) is 11.7. The molecular weight excluding hydrogens is 527 g/mol. The summed E-state index contributed by atoms with van der Waals surface area (Å²) in [6.45, 7) is 7.34. The molecule has 2 heterocycles. The molecule has 0 bridgehead atoms. The van der Waals surface area contributed by atoms with Gasteiger partial charge in [-0.1, -0.05) is 36.4 Å². The van der Waals surface area contributed by atoms with Crippen LogP contribution in [0.2, 0.25) is 0 Å². The van der Waals surface area contributed by atoms with Gasteiger partial charge in [0.25, 0.3) is 0 Å². The van der Waals surface area contributed by atoms with E-state index in [1.54, 1.807) is 0 Å². The van der Waals surface area contributed by atoms with E-state index in [4.69, 9.17) is 4.99 Å². The molecule has 0 spiro atoms. The summed E-state index contributed by atoms with van der Waals surface area (Å²) in [7, 11) is 0. The molecule has 1 saturated carbocycles. The Morgan fingerprint density at radius 2 is 1.76 bits per heavy atom. The lowest BCUT2D eigenvalue weighted by Crippen LogP contribution is -2.49. The number of carbonyl (C=O) groups is 1. The minimum Gasteiger partial charge on any atom is -0.357 e. The highest BCUT2D eigenvalue weighted by molar-refractivity contribution is 14.0.